The van der Waals surface area contributed by atoms with Gasteiger partial charge in [0.1, 0.15) is 0 Å². The van der Waals surface area contributed by atoms with Crippen molar-refractivity contribution in [3.8, 4) is 6.07 Å². The second kappa shape index (κ2) is 7.36. The number of hydrogen-bond donors (Lipinski definition) is 2. The van der Waals surface area contributed by atoms with Crippen LogP contribution in [-0.2, 0) is 9.59 Å². The number of para-hydroxylation sites is 1. The van der Waals surface area contributed by atoms with Crippen molar-refractivity contribution in [1.82, 2.24) is 5.43 Å². The number of nitrogens with zero attached hydrogens (tertiary/aromatic N) is 2. The molecule has 2 amide bonds. The van der Waals surface area contributed by atoms with E-state index in [0.29, 0.717) is 16.8 Å². The predicted octanol–water partition coefficient (Wildman–Crippen LogP) is 1.65. The van der Waals surface area contributed by atoms with E-state index in [2.05, 4.69) is 15.8 Å². The molecule has 0 aliphatic heterocycles. The number of amides is 2. The first-order chi connectivity index (χ1) is 10.7. The van der Waals surface area contributed by atoms with Gasteiger partial charge in [0.15, 0.2) is 0 Å². The molecule has 0 bridgehead atoms. The third kappa shape index (κ3) is 4.28. The van der Waals surface area contributed by atoms with E-state index in [1.807, 2.05) is 6.07 Å². The Hall–Kier alpha value is -3.46. The molecule has 0 fully saturated rings. The molecule has 0 aliphatic carbocycles. The number of nitriles is 1. The van der Waals surface area contributed by atoms with E-state index in [9.17, 15) is 9.59 Å². The molecule has 0 heterocycles. The lowest BCUT2D eigenvalue weighted by Gasteiger charge is -2.02. The fourth-order valence-corrected chi connectivity index (χ4v) is 1.57. The van der Waals surface area contributed by atoms with Crippen molar-refractivity contribution in [2.24, 2.45) is 5.10 Å². The van der Waals surface area contributed by atoms with E-state index in [1.165, 1.54) is 6.21 Å². The average molecular weight is 292 g/mol. The van der Waals surface area contributed by atoms with E-state index in [4.69, 9.17) is 5.26 Å². The van der Waals surface area contributed by atoms with E-state index in [-0.39, 0.29) is 0 Å². The molecule has 0 saturated heterocycles. The van der Waals surface area contributed by atoms with Crippen molar-refractivity contribution in [3.63, 3.8) is 0 Å². The largest absolute Gasteiger partial charge is 0.329 e. The fraction of sp³-hybridized carbons (Fsp3) is 0. The number of benzene rings is 2. The monoisotopic (exact) mass is 292 g/mol. The summed E-state index contributed by atoms with van der Waals surface area (Å²) >= 11 is 0. The normalized spacial score (nSPS) is 9.95. The van der Waals surface area contributed by atoms with Crippen LogP contribution in [0.25, 0.3) is 0 Å². The van der Waals surface area contributed by atoms with Crippen LogP contribution in [0.2, 0.25) is 0 Å². The summed E-state index contributed by atoms with van der Waals surface area (Å²) in [6.07, 6.45) is 1.38. The third-order valence-electron chi connectivity index (χ3n) is 2.66. The van der Waals surface area contributed by atoms with E-state index < -0.39 is 11.8 Å². The van der Waals surface area contributed by atoms with Crippen LogP contribution in [0.1, 0.15) is 11.1 Å². The van der Waals surface area contributed by atoms with Crippen molar-refractivity contribution < 1.29 is 9.59 Å². The number of hydrogen-bond acceptors (Lipinski definition) is 4. The van der Waals surface area contributed by atoms with Crippen molar-refractivity contribution in [2.75, 3.05) is 5.32 Å². The first-order valence-electron chi connectivity index (χ1n) is 6.38. The molecule has 108 valence electrons. The number of carbonyl (C=O) groups is 2. The quantitative estimate of drug-likeness (QED) is 0.511. The van der Waals surface area contributed by atoms with Crippen molar-refractivity contribution in [2.45, 2.75) is 0 Å². The summed E-state index contributed by atoms with van der Waals surface area (Å²) in [6.45, 7) is 0. The molecule has 2 aromatic rings. The predicted molar refractivity (Wildman–Crippen MR) is 82.0 cm³/mol. The number of carbonyl (C=O) groups excluding carboxylic acids is 2. The minimum absolute atomic E-state index is 0.527. The summed E-state index contributed by atoms with van der Waals surface area (Å²) in [4.78, 5) is 23.2. The molecule has 0 aliphatic rings. The summed E-state index contributed by atoms with van der Waals surface area (Å²) in [6, 6.07) is 17.3. The molecule has 0 spiro atoms. The first-order valence-corrected chi connectivity index (χ1v) is 6.38. The maximum Gasteiger partial charge on any atom is 0.329 e. The first kappa shape index (κ1) is 14.9. The summed E-state index contributed by atoms with van der Waals surface area (Å²) < 4.78 is 0. The second-order valence-corrected chi connectivity index (χ2v) is 4.25. The number of rotatable bonds is 3. The molecule has 0 atom stereocenters. The molecule has 2 rings (SSSR count). The van der Waals surface area contributed by atoms with Crippen LogP contribution in [-0.4, -0.2) is 18.0 Å². The summed E-state index contributed by atoms with van der Waals surface area (Å²) in [5.74, 6) is -1.67. The third-order valence-corrected chi connectivity index (χ3v) is 2.66. The lowest BCUT2D eigenvalue weighted by molar-refractivity contribution is -0.136. The highest BCUT2D eigenvalue weighted by Crippen LogP contribution is 2.04. The zero-order chi connectivity index (χ0) is 15.8. The number of hydrazone groups is 1. The smallest absolute Gasteiger partial charge is 0.318 e. The SMILES string of the molecule is N#Cc1ccc(/C=N\NC(=O)C(=O)Nc2ccccc2)cc1. The van der Waals surface area contributed by atoms with Gasteiger partial charge in [-0.25, -0.2) is 5.43 Å². The summed E-state index contributed by atoms with van der Waals surface area (Å²) in [5, 5.41) is 14.8. The minimum Gasteiger partial charge on any atom is -0.318 e. The average Bonchev–Trinajstić information content (AvgIpc) is 2.56. The highest BCUT2D eigenvalue weighted by atomic mass is 16.2. The fourth-order valence-electron chi connectivity index (χ4n) is 1.57. The Morgan fingerprint density at radius 2 is 1.68 bits per heavy atom. The second-order valence-electron chi connectivity index (χ2n) is 4.25. The van der Waals surface area contributed by atoms with Gasteiger partial charge >= 0.3 is 11.8 Å². The lowest BCUT2D eigenvalue weighted by atomic mass is 10.2. The van der Waals surface area contributed by atoms with Crippen LogP contribution >= 0.6 is 0 Å². The van der Waals surface area contributed by atoms with Gasteiger partial charge in [-0.2, -0.15) is 10.4 Å². The zero-order valence-electron chi connectivity index (χ0n) is 11.5. The Balaban J connectivity index is 1.87. The van der Waals surface area contributed by atoms with Crippen LogP contribution in [0.5, 0.6) is 0 Å². The Morgan fingerprint density at radius 3 is 2.32 bits per heavy atom. The molecule has 6 nitrogen and oxygen atoms in total. The highest BCUT2D eigenvalue weighted by Gasteiger charge is 2.12. The Labute approximate surface area is 127 Å². The van der Waals surface area contributed by atoms with Crippen molar-refractivity contribution in [1.29, 1.82) is 5.26 Å². The van der Waals surface area contributed by atoms with Crippen LogP contribution in [0.4, 0.5) is 5.69 Å². The number of anilines is 1. The highest BCUT2D eigenvalue weighted by molar-refractivity contribution is 6.39. The molecule has 6 heteroatoms. The van der Waals surface area contributed by atoms with Crippen LogP contribution in [0.15, 0.2) is 59.7 Å². The molecule has 2 N–H and O–H groups in total. The summed E-state index contributed by atoms with van der Waals surface area (Å²) in [7, 11) is 0. The molecule has 0 saturated carbocycles. The number of nitrogens with one attached hydrogen (secondary N) is 2. The molecular formula is C16H12N4O2. The topological polar surface area (TPSA) is 94.3 Å². The Kier molecular flexibility index (Phi) is 5.00. The molecule has 22 heavy (non-hydrogen) atoms. The molecule has 0 radical (unpaired) electrons. The molecule has 0 aromatic heterocycles. The van der Waals surface area contributed by atoms with Gasteiger partial charge in [0.05, 0.1) is 17.8 Å². The maximum atomic E-state index is 11.6. The maximum absolute atomic E-state index is 11.6. The van der Waals surface area contributed by atoms with Gasteiger partial charge in [0.25, 0.3) is 0 Å². The van der Waals surface area contributed by atoms with Crippen molar-refractivity contribution >= 4 is 23.7 Å². The summed E-state index contributed by atoms with van der Waals surface area (Å²) in [5.41, 5.74) is 3.89. The standard InChI is InChI=1S/C16H12N4O2/c17-10-12-6-8-13(9-7-12)11-18-20-16(22)15(21)19-14-4-2-1-3-5-14/h1-9,11H,(H,19,21)(H,20,22)/b18-11-. The van der Waals surface area contributed by atoms with Gasteiger partial charge in [-0.05, 0) is 29.8 Å². The van der Waals surface area contributed by atoms with E-state index in [1.54, 1.807) is 54.6 Å². The minimum atomic E-state index is -0.867. The van der Waals surface area contributed by atoms with Gasteiger partial charge in [-0.3, -0.25) is 9.59 Å². The van der Waals surface area contributed by atoms with Crippen LogP contribution in [0, 0.1) is 11.3 Å². The Morgan fingerprint density at radius 1 is 1.00 bits per heavy atom. The van der Waals surface area contributed by atoms with Crippen LogP contribution in [0.3, 0.4) is 0 Å². The van der Waals surface area contributed by atoms with Crippen molar-refractivity contribution in [3.05, 3.63) is 65.7 Å². The van der Waals surface area contributed by atoms with Gasteiger partial charge in [0.2, 0.25) is 0 Å². The van der Waals surface area contributed by atoms with E-state index in [0.717, 1.165) is 0 Å². The van der Waals surface area contributed by atoms with Gasteiger partial charge in [-0.15, -0.1) is 0 Å². The van der Waals surface area contributed by atoms with Gasteiger partial charge in [-0.1, -0.05) is 30.3 Å². The van der Waals surface area contributed by atoms with Gasteiger partial charge < -0.3 is 5.32 Å². The molecule has 2 aromatic carbocycles. The Bertz CT molecular complexity index is 731. The van der Waals surface area contributed by atoms with Gasteiger partial charge in [0, 0.05) is 5.69 Å². The zero-order valence-corrected chi connectivity index (χ0v) is 11.5. The lowest BCUT2D eigenvalue weighted by Crippen LogP contribution is -2.32. The molecule has 0 unspecified atom stereocenters. The molecular weight excluding hydrogens is 280 g/mol. The van der Waals surface area contributed by atoms with E-state index >= 15 is 0 Å². The van der Waals surface area contributed by atoms with Crippen LogP contribution < -0.4 is 10.7 Å².